The molecule has 2 aromatic heterocycles. The first-order chi connectivity index (χ1) is 14.7. The third-order valence-electron chi connectivity index (χ3n) is 5.76. The molecule has 1 saturated heterocycles. The first kappa shape index (κ1) is 20.3. The Hall–Kier alpha value is -2.99. The van der Waals surface area contributed by atoms with E-state index in [-0.39, 0.29) is 0 Å². The molecular formula is C24H29N5O. The predicted molar refractivity (Wildman–Crippen MR) is 120 cm³/mol. The lowest BCUT2D eigenvalue weighted by Crippen LogP contribution is -2.33. The first-order valence-corrected chi connectivity index (χ1v) is 10.5. The summed E-state index contributed by atoms with van der Waals surface area (Å²) >= 11 is 0. The highest BCUT2D eigenvalue weighted by Crippen LogP contribution is 2.31. The smallest absolute Gasteiger partial charge is 0.163 e. The van der Waals surface area contributed by atoms with E-state index in [0.717, 1.165) is 61.1 Å². The largest absolute Gasteiger partial charge is 0.496 e. The van der Waals surface area contributed by atoms with E-state index >= 15 is 0 Å². The lowest BCUT2D eigenvalue weighted by Gasteiger charge is -2.32. The zero-order chi connectivity index (χ0) is 20.9. The number of hydrogen-bond acceptors (Lipinski definition) is 6. The van der Waals surface area contributed by atoms with Gasteiger partial charge in [0.25, 0.3) is 0 Å². The maximum absolute atomic E-state index is 5.58. The highest BCUT2D eigenvalue weighted by molar-refractivity contribution is 5.56. The van der Waals surface area contributed by atoms with Crippen molar-refractivity contribution >= 4 is 5.82 Å². The number of likely N-dealkylation sites (tertiary alicyclic amines) is 1. The minimum Gasteiger partial charge on any atom is -0.496 e. The number of methoxy groups -OCH3 is 1. The number of pyridine rings is 1. The number of hydrogen-bond donors (Lipinski definition) is 1. The van der Waals surface area contributed by atoms with Crippen LogP contribution in [0, 0.1) is 6.92 Å². The fraction of sp³-hybridized carbons (Fsp3) is 0.375. The Balaban J connectivity index is 1.46. The third kappa shape index (κ3) is 4.60. The second-order valence-electron chi connectivity index (χ2n) is 7.86. The molecule has 3 heterocycles. The lowest BCUT2D eigenvalue weighted by atomic mass is 9.92. The van der Waals surface area contributed by atoms with Gasteiger partial charge in [-0.25, -0.2) is 9.97 Å². The van der Waals surface area contributed by atoms with Crippen LogP contribution in [0.15, 0.2) is 48.8 Å². The van der Waals surface area contributed by atoms with Crippen molar-refractivity contribution in [1.82, 2.24) is 19.9 Å². The molecule has 0 unspecified atom stereocenters. The van der Waals surface area contributed by atoms with Crippen LogP contribution in [-0.2, 0) is 6.54 Å². The molecular weight excluding hydrogens is 374 g/mol. The third-order valence-corrected chi connectivity index (χ3v) is 5.76. The number of piperidine rings is 1. The van der Waals surface area contributed by atoms with Crippen LogP contribution in [0.4, 0.5) is 5.82 Å². The second-order valence-corrected chi connectivity index (χ2v) is 7.86. The van der Waals surface area contributed by atoms with Crippen LogP contribution in [0.3, 0.4) is 0 Å². The Morgan fingerprint density at radius 3 is 2.67 bits per heavy atom. The second kappa shape index (κ2) is 9.22. The zero-order valence-corrected chi connectivity index (χ0v) is 17.9. The fourth-order valence-electron chi connectivity index (χ4n) is 4.04. The lowest BCUT2D eigenvalue weighted by molar-refractivity contribution is 0.201. The fourth-order valence-corrected chi connectivity index (χ4v) is 4.04. The van der Waals surface area contributed by atoms with Crippen LogP contribution in [0.1, 0.15) is 35.6 Å². The van der Waals surface area contributed by atoms with Gasteiger partial charge in [0.2, 0.25) is 0 Å². The summed E-state index contributed by atoms with van der Waals surface area (Å²) in [5, 5.41) is 3.18. The highest BCUT2D eigenvalue weighted by atomic mass is 16.5. The number of nitrogens with one attached hydrogen (secondary N) is 1. The molecule has 1 aromatic carbocycles. The maximum atomic E-state index is 5.58. The van der Waals surface area contributed by atoms with E-state index in [1.54, 1.807) is 13.3 Å². The van der Waals surface area contributed by atoms with Crippen molar-refractivity contribution in [1.29, 1.82) is 0 Å². The summed E-state index contributed by atoms with van der Waals surface area (Å²) in [6, 6.07) is 12.5. The highest BCUT2D eigenvalue weighted by Gasteiger charge is 2.23. The van der Waals surface area contributed by atoms with Gasteiger partial charge >= 0.3 is 0 Å². The molecule has 1 fully saturated rings. The Morgan fingerprint density at radius 1 is 1.13 bits per heavy atom. The number of aromatic nitrogens is 3. The van der Waals surface area contributed by atoms with Gasteiger partial charge in [0, 0.05) is 54.8 Å². The van der Waals surface area contributed by atoms with Crippen molar-refractivity contribution in [3.05, 3.63) is 65.6 Å². The van der Waals surface area contributed by atoms with Gasteiger partial charge in [0.15, 0.2) is 5.82 Å². The average molecular weight is 404 g/mol. The van der Waals surface area contributed by atoms with Crippen molar-refractivity contribution in [3.8, 4) is 17.1 Å². The van der Waals surface area contributed by atoms with E-state index in [1.165, 1.54) is 11.1 Å². The minimum absolute atomic E-state index is 0.437. The van der Waals surface area contributed by atoms with E-state index < -0.39 is 0 Å². The van der Waals surface area contributed by atoms with E-state index in [0.29, 0.717) is 5.92 Å². The molecule has 1 aliphatic rings. The maximum Gasteiger partial charge on any atom is 0.163 e. The normalized spacial score (nSPS) is 15.2. The molecule has 1 N–H and O–H groups in total. The standard InChI is InChI=1S/C24H29N5O/c1-17-6-7-20(22(13-17)30-3)16-29-11-8-18(9-12-29)21-14-23(25-2)28-24(27-21)19-5-4-10-26-15-19/h4-7,10,13-15,18H,8-9,11-12,16H2,1-3H3,(H,25,27,28). The summed E-state index contributed by atoms with van der Waals surface area (Å²) in [5.74, 6) is 3.00. The van der Waals surface area contributed by atoms with Gasteiger partial charge in [0.1, 0.15) is 11.6 Å². The van der Waals surface area contributed by atoms with Crippen LogP contribution >= 0.6 is 0 Å². The van der Waals surface area contributed by atoms with Gasteiger partial charge < -0.3 is 10.1 Å². The molecule has 0 amide bonds. The molecule has 0 aliphatic carbocycles. The Morgan fingerprint density at radius 2 is 1.97 bits per heavy atom. The van der Waals surface area contributed by atoms with Gasteiger partial charge in [-0.15, -0.1) is 0 Å². The Labute approximate surface area is 178 Å². The molecule has 1 aliphatic heterocycles. The number of nitrogens with zero attached hydrogens (tertiary/aromatic N) is 4. The van der Waals surface area contributed by atoms with Crippen molar-refractivity contribution in [2.75, 3.05) is 32.6 Å². The van der Waals surface area contributed by atoms with Crippen molar-refractivity contribution in [3.63, 3.8) is 0 Å². The number of anilines is 1. The van der Waals surface area contributed by atoms with Crippen LogP contribution in [0.25, 0.3) is 11.4 Å². The molecule has 156 valence electrons. The number of aryl methyl sites for hydroxylation is 1. The summed E-state index contributed by atoms with van der Waals surface area (Å²) in [6.07, 6.45) is 5.75. The van der Waals surface area contributed by atoms with Crippen molar-refractivity contribution < 1.29 is 4.74 Å². The van der Waals surface area contributed by atoms with Gasteiger partial charge in [-0.05, 0) is 56.6 Å². The topological polar surface area (TPSA) is 63.2 Å². The summed E-state index contributed by atoms with van der Waals surface area (Å²) in [7, 11) is 3.65. The molecule has 0 spiro atoms. The van der Waals surface area contributed by atoms with Crippen molar-refractivity contribution in [2.45, 2.75) is 32.2 Å². The van der Waals surface area contributed by atoms with Crippen LogP contribution in [0.2, 0.25) is 0 Å². The van der Waals surface area contributed by atoms with E-state index in [2.05, 4.69) is 51.4 Å². The number of ether oxygens (including phenoxy) is 1. The van der Waals surface area contributed by atoms with Crippen LogP contribution < -0.4 is 10.1 Å². The Kier molecular flexibility index (Phi) is 6.23. The zero-order valence-electron chi connectivity index (χ0n) is 17.9. The predicted octanol–water partition coefficient (Wildman–Crippen LogP) is 4.28. The molecule has 6 nitrogen and oxygen atoms in total. The Bertz CT molecular complexity index is 984. The summed E-state index contributed by atoms with van der Waals surface area (Å²) < 4.78 is 5.58. The molecule has 0 saturated carbocycles. The van der Waals surface area contributed by atoms with Gasteiger partial charge in [-0.3, -0.25) is 9.88 Å². The monoisotopic (exact) mass is 403 g/mol. The molecule has 30 heavy (non-hydrogen) atoms. The quantitative estimate of drug-likeness (QED) is 0.663. The van der Waals surface area contributed by atoms with Crippen LogP contribution in [-0.4, -0.2) is 47.1 Å². The van der Waals surface area contributed by atoms with E-state index in [4.69, 9.17) is 9.72 Å². The summed E-state index contributed by atoms with van der Waals surface area (Å²) in [5.41, 5.74) is 4.53. The molecule has 0 atom stereocenters. The molecule has 6 heteroatoms. The van der Waals surface area contributed by atoms with Gasteiger partial charge in [-0.2, -0.15) is 0 Å². The minimum atomic E-state index is 0.437. The van der Waals surface area contributed by atoms with E-state index in [9.17, 15) is 0 Å². The van der Waals surface area contributed by atoms with Gasteiger partial charge in [-0.1, -0.05) is 12.1 Å². The molecule has 3 aromatic rings. The van der Waals surface area contributed by atoms with Crippen LogP contribution in [0.5, 0.6) is 5.75 Å². The summed E-state index contributed by atoms with van der Waals surface area (Å²) in [4.78, 5) is 16.2. The molecule has 0 radical (unpaired) electrons. The molecule has 0 bridgehead atoms. The SMILES string of the molecule is CNc1cc(C2CCN(Cc3ccc(C)cc3OC)CC2)nc(-c2cccnc2)n1. The van der Waals surface area contributed by atoms with Gasteiger partial charge in [0.05, 0.1) is 7.11 Å². The van der Waals surface area contributed by atoms with E-state index in [1.807, 2.05) is 25.4 Å². The average Bonchev–Trinajstić information content (AvgIpc) is 2.81. The summed E-state index contributed by atoms with van der Waals surface area (Å²) in [6.45, 7) is 5.10. The molecule has 4 rings (SSSR count). The first-order valence-electron chi connectivity index (χ1n) is 10.5. The van der Waals surface area contributed by atoms with Crippen molar-refractivity contribution in [2.24, 2.45) is 0 Å². The number of rotatable bonds is 6. The number of benzene rings is 1.